The molecule has 1 unspecified atom stereocenters. The third kappa shape index (κ3) is 5.51. The number of ketones is 1. The molecule has 0 aliphatic heterocycles. The molecule has 0 N–H and O–H groups in total. The number of carbonyl (C=O) groups excluding carboxylic acids is 1. The van der Waals surface area contributed by atoms with Gasteiger partial charge in [-0.2, -0.15) is 0 Å². The average Bonchev–Trinajstić information content (AvgIpc) is 2.61. The second-order valence-corrected chi connectivity index (χ2v) is 6.24. The Kier molecular flexibility index (Phi) is 7.85. The van der Waals surface area contributed by atoms with Crippen LogP contribution in [0.25, 0.3) is 0 Å². The van der Waals surface area contributed by atoms with Gasteiger partial charge in [-0.1, -0.05) is 29.3 Å². The van der Waals surface area contributed by atoms with Crippen LogP contribution in [0, 0.1) is 0 Å². The molecule has 0 bridgehead atoms. The highest BCUT2D eigenvalue weighted by Crippen LogP contribution is 2.33. The molecule has 1 atom stereocenters. The minimum Gasteiger partial charge on any atom is -0.353 e. The first-order valence-corrected chi connectivity index (χ1v) is 8.94. The lowest BCUT2D eigenvalue weighted by Gasteiger charge is -2.24. The summed E-state index contributed by atoms with van der Waals surface area (Å²) in [5, 5.41) is 0.967. The van der Waals surface area contributed by atoms with Crippen molar-refractivity contribution in [1.29, 1.82) is 0 Å². The Bertz CT molecular complexity index is 688. The van der Waals surface area contributed by atoms with Gasteiger partial charge in [0.2, 0.25) is 0 Å². The highest BCUT2D eigenvalue weighted by atomic mass is 35.5. The van der Waals surface area contributed by atoms with Gasteiger partial charge in [0.1, 0.15) is 0 Å². The van der Waals surface area contributed by atoms with Gasteiger partial charge in [0, 0.05) is 47.6 Å². The molecule has 0 aliphatic carbocycles. The number of aromatic nitrogens is 1. The third-order valence-electron chi connectivity index (χ3n) is 3.73. The van der Waals surface area contributed by atoms with E-state index >= 15 is 0 Å². The third-order valence-corrected chi connectivity index (χ3v) is 4.30. The summed E-state index contributed by atoms with van der Waals surface area (Å²) in [5.41, 5.74) is 1.22. The number of hydrogen-bond donors (Lipinski definition) is 0. The number of ether oxygens (including phenoxy) is 2. The number of rotatable bonds is 9. The molecule has 4 nitrogen and oxygen atoms in total. The Morgan fingerprint density at radius 3 is 2.44 bits per heavy atom. The minimum absolute atomic E-state index is 0.0817. The van der Waals surface area contributed by atoms with E-state index in [9.17, 15) is 4.79 Å². The zero-order valence-corrected chi connectivity index (χ0v) is 15.8. The summed E-state index contributed by atoms with van der Waals surface area (Å²) in [7, 11) is 0. The maximum atomic E-state index is 13.1. The summed E-state index contributed by atoms with van der Waals surface area (Å²) in [4.78, 5) is 17.1. The van der Waals surface area contributed by atoms with Crippen molar-refractivity contribution in [1.82, 2.24) is 4.98 Å². The molecule has 1 heterocycles. The van der Waals surface area contributed by atoms with Crippen LogP contribution in [0.15, 0.2) is 42.7 Å². The van der Waals surface area contributed by atoms with Crippen LogP contribution >= 0.6 is 23.2 Å². The summed E-state index contributed by atoms with van der Waals surface area (Å²) in [6, 6.07) is 8.61. The summed E-state index contributed by atoms with van der Waals surface area (Å²) < 4.78 is 11.2. The quantitative estimate of drug-likeness (QED) is 0.445. The second kappa shape index (κ2) is 9.88. The van der Waals surface area contributed by atoms with Crippen LogP contribution in [-0.4, -0.2) is 30.3 Å². The smallest absolute Gasteiger partial charge is 0.172 e. The molecule has 2 rings (SSSR count). The van der Waals surface area contributed by atoms with E-state index in [1.807, 2.05) is 13.8 Å². The zero-order chi connectivity index (χ0) is 18.2. The second-order valence-electron chi connectivity index (χ2n) is 5.40. The molecular formula is C19H21Cl2NO3. The van der Waals surface area contributed by atoms with E-state index in [0.717, 1.165) is 0 Å². The van der Waals surface area contributed by atoms with Gasteiger partial charge in [-0.15, -0.1) is 0 Å². The van der Waals surface area contributed by atoms with Crippen LogP contribution in [0.3, 0.4) is 0 Å². The van der Waals surface area contributed by atoms with Crippen LogP contribution in [0.4, 0.5) is 0 Å². The van der Waals surface area contributed by atoms with Crippen molar-refractivity contribution in [3.8, 4) is 0 Å². The summed E-state index contributed by atoms with van der Waals surface area (Å²) in [6.45, 7) is 4.76. The van der Waals surface area contributed by atoms with Gasteiger partial charge in [-0.05, 0) is 43.7 Å². The highest BCUT2D eigenvalue weighted by molar-refractivity contribution is 6.35. The van der Waals surface area contributed by atoms with Gasteiger partial charge >= 0.3 is 0 Å². The number of Topliss-reactive ketones (excluding diaryl/α,β-unsaturated/α-hetero) is 1. The van der Waals surface area contributed by atoms with Crippen molar-refractivity contribution in [3.63, 3.8) is 0 Å². The fourth-order valence-corrected chi connectivity index (χ4v) is 3.16. The molecule has 0 aliphatic rings. The lowest BCUT2D eigenvalue weighted by atomic mass is 9.88. The van der Waals surface area contributed by atoms with Gasteiger partial charge in [0.25, 0.3) is 0 Å². The molecule has 2 aromatic rings. The normalized spacial score (nSPS) is 12.4. The van der Waals surface area contributed by atoms with Crippen molar-refractivity contribution in [2.75, 3.05) is 13.2 Å². The molecule has 1 aromatic carbocycles. The average molecular weight is 382 g/mol. The van der Waals surface area contributed by atoms with Gasteiger partial charge < -0.3 is 9.47 Å². The zero-order valence-electron chi connectivity index (χ0n) is 14.2. The van der Waals surface area contributed by atoms with Crippen LogP contribution < -0.4 is 0 Å². The molecular weight excluding hydrogens is 361 g/mol. The van der Waals surface area contributed by atoms with Crippen molar-refractivity contribution < 1.29 is 14.3 Å². The van der Waals surface area contributed by atoms with Gasteiger partial charge in [-0.25, -0.2) is 0 Å². The van der Waals surface area contributed by atoms with Crippen molar-refractivity contribution >= 4 is 29.0 Å². The van der Waals surface area contributed by atoms with Gasteiger partial charge in [0.15, 0.2) is 12.1 Å². The van der Waals surface area contributed by atoms with E-state index in [2.05, 4.69) is 4.98 Å². The van der Waals surface area contributed by atoms with Crippen LogP contribution in [0.2, 0.25) is 10.0 Å². The Balaban J connectivity index is 2.38. The summed E-state index contributed by atoms with van der Waals surface area (Å²) >= 11 is 12.4. The maximum Gasteiger partial charge on any atom is 0.172 e. The lowest BCUT2D eigenvalue weighted by molar-refractivity contribution is -0.140. The largest absolute Gasteiger partial charge is 0.353 e. The maximum absolute atomic E-state index is 13.1. The molecule has 0 fully saturated rings. The van der Waals surface area contributed by atoms with Gasteiger partial charge in [-0.3, -0.25) is 9.78 Å². The first kappa shape index (κ1) is 19.9. The van der Waals surface area contributed by atoms with E-state index in [1.54, 1.807) is 42.7 Å². The first-order valence-electron chi connectivity index (χ1n) is 8.19. The molecule has 0 radical (unpaired) electrons. The van der Waals surface area contributed by atoms with Crippen molar-refractivity contribution in [3.05, 3.63) is 63.9 Å². The predicted octanol–water partition coefficient (Wildman–Crippen LogP) is 5.14. The minimum atomic E-state index is -0.517. The topological polar surface area (TPSA) is 48.4 Å². The number of pyridine rings is 1. The number of hydrogen-bond acceptors (Lipinski definition) is 4. The molecule has 0 saturated heterocycles. The molecule has 1 aromatic heterocycles. The van der Waals surface area contributed by atoms with Gasteiger partial charge in [0.05, 0.1) is 5.92 Å². The number of carbonyl (C=O) groups is 1. The van der Waals surface area contributed by atoms with Crippen molar-refractivity contribution in [2.24, 2.45) is 0 Å². The monoisotopic (exact) mass is 381 g/mol. The van der Waals surface area contributed by atoms with Crippen LogP contribution in [-0.2, 0) is 9.47 Å². The van der Waals surface area contributed by atoms with Crippen LogP contribution in [0.1, 0.15) is 42.1 Å². The molecule has 134 valence electrons. The standard InChI is InChI=1S/C19H21Cl2NO3/c1-3-24-18(25-4-2)11-16(15-8-7-14(20)10-17(15)21)19(23)13-6-5-9-22-12-13/h5-10,12,16,18H,3-4,11H2,1-2H3. The number of halogens is 2. The SMILES string of the molecule is CCOC(CC(C(=O)c1cccnc1)c1ccc(Cl)cc1Cl)OCC. The number of benzene rings is 1. The summed E-state index contributed by atoms with van der Waals surface area (Å²) in [5.74, 6) is -0.598. The van der Waals surface area contributed by atoms with E-state index in [-0.39, 0.29) is 5.78 Å². The fraction of sp³-hybridized carbons (Fsp3) is 0.368. The fourth-order valence-electron chi connectivity index (χ4n) is 2.62. The van der Waals surface area contributed by atoms with E-state index in [4.69, 9.17) is 32.7 Å². The predicted molar refractivity (Wildman–Crippen MR) is 99.4 cm³/mol. The Hall–Kier alpha value is -1.46. The Labute approximate surface area is 158 Å². The Morgan fingerprint density at radius 1 is 1.16 bits per heavy atom. The highest BCUT2D eigenvalue weighted by Gasteiger charge is 2.28. The molecule has 6 heteroatoms. The molecule has 0 saturated carbocycles. The first-order chi connectivity index (χ1) is 12.1. The Morgan fingerprint density at radius 2 is 1.88 bits per heavy atom. The van der Waals surface area contributed by atoms with E-state index in [1.165, 1.54) is 0 Å². The molecule has 0 amide bonds. The summed E-state index contributed by atoms with van der Waals surface area (Å²) in [6.07, 6.45) is 3.05. The van der Waals surface area contributed by atoms with Crippen molar-refractivity contribution in [2.45, 2.75) is 32.5 Å². The van der Waals surface area contributed by atoms with E-state index in [0.29, 0.717) is 40.8 Å². The molecule has 0 spiro atoms. The molecule has 25 heavy (non-hydrogen) atoms. The van der Waals surface area contributed by atoms with E-state index < -0.39 is 12.2 Å². The van der Waals surface area contributed by atoms with Crippen LogP contribution in [0.5, 0.6) is 0 Å². The number of nitrogens with zero attached hydrogens (tertiary/aromatic N) is 1. The lowest BCUT2D eigenvalue weighted by Crippen LogP contribution is -2.25.